The first kappa shape index (κ1) is 26.4. The second-order valence-corrected chi connectivity index (χ2v) is 9.41. The van der Waals surface area contributed by atoms with E-state index in [-0.39, 0.29) is 11.3 Å². The summed E-state index contributed by atoms with van der Waals surface area (Å²) in [5, 5.41) is 7.00. The number of rotatable bonds is 3. The summed E-state index contributed by atoms with van der Waals surface area (Å²) in [4.78, 5) is 19.9. The standard InChI is InChI=1S/C22H32N2O.C3H8.CH4O/c1-22(2,3)14-13-20(25)18-8-7-17-10-12-21(23-19(17)11-9-18)24-15-5-4-6-16-24;1-3-2;1-2/h10,12-14,18H,4-9,11,15-16H2,1-3H3;3H2,1-2H3;2H,1H3/b14-13-;;. The fourth-order valence-corrected chi connectivity index (χ4v) is 3.80. The van der Waals surface area contributed by atoms with Crippen LogP contribution in [0.25, 0.3) is 0 Å². The summed E-state index contributed by atoms with van der Waals surface area (Å²) in [5.41, 5.74) is 2.63. The molecule has 0 amide bonds. The molecule has 0 spiro atoms. The summed E-state index contributed by atoms with van der Waals surface area (Å²) in [5.74, 6) is 1.57. The molecule has 3 rings (SSSR count). The maximum absolute atomic E-state index is 12.5. The van der Waals surface area contributed by atoms with Crippen LogP contribution in [-0.2, 0) is 17.6 Å². The Morgan fingerprint density at radius 1 is 1.10 bits per heavy atom. The number of hydrogen-bond acceptors (Lipinski definition) is 4. The van der Waals surface area contributed by atoms with E-state index in [1.807, 2.05) is 12.2 Å². The van der Waals surface area contributed by atoms with Crippen molar-refractivity contribution in [1.29, 1.82) is 0 Å². The Morgan fingerprint density at radius 2 is 1.70 bits per heavy atom. The number of piperidine rings is 1. The maximum atomic E-state index is 12.5. The molecule has 2 aliphatic rings. The molecule has 1 aliphatic carbocycles. The molecule has 1 atom stereocenters. The number of pyridine rings is 1. The number of aliphatic hydroxyl groups excluding tert-OH is 1. The Bertz CT molecular complexity index is 655. The van der Waals surface area contributed by atoms with Crippen LogP contribution in [0.15, 0.2) is 24.3 Å². The molecule has 0 aromatic carbocycles. The summed E-state index contributed by atoms with van der Waals surface area (Å²) in [7, 11) is 1.00. The minimum Gasteiger partial charge on any atom is -0.400 e. The normalized spacial score (nSPS) is 19.0. The van der Waals surface area contributed by atoms with Crippen molar-refractivity contribution in [1.82, 2.24) is 4.98 Å². The highest BCUT2D eigenvalue weighted by molar-refractivity contribution is 5.91. The van der Waals surface area contributed by atoms with Crippen molar-refractivity contribution < 1.29 is 9.90 Å². The molecule has 30 heavy (non-hydrogen) atoms. The summed E-state index contributed by atoms with van der Waals surface area (Å²) in [6.45, 7) is 12.9. The minimum atomic E-state index is 0.0637. The molecule has 1 aromatic heterocycles. The van der Waals surface area contributed by atoms with Gasteiger partial charge in [-0.15, -0.1) is 0 Å². The first-order chi connectivity index (χ1) is 14.3. The topological polar surface area (TPSA) is 53.4 Å². The maximum Gasteiger partial charge on any atom is 0.158 e. The fourth-order valence-electron chi connectivity index (χ4n) is 3.80. The van der Waals surface area contributed by atoms with Crippen LogP contribution in [0.2, 0.25) is 0 Å². The van der Waals surface area contributed by atoms with E-state index in [1.165, 1.54) is 36.9 Å². The average Bonchev–Trinajstić information content (AvgIpc) is 2.96. The fraction of sp³-hybridized carbons (Fsp3) is 0.692. The summed E-state index contributed by atoms with van der Waals surface area (Å²) in [6.07, 6.45) is 12.8. The predicted octanol–water partition coefficient (Wildman–Crippen LogP) is 5.76. The zero-order valence-corrected chi connectivity index (χ0v) is 20.2. The Balaban J connectivity index is 0.000000826. The van der Waals surface area contributed by atoms with Gasteiger partial charge in [0.25, 0.3) is 0 Å². The number of hydrogen-bond donors (Lipinski definition) is 1. The lowest BCUT2D eigenvalue weighted by Crippen LogP contribution is -2.30. The number of carbonyl (C=O) groups excluding carboxylic acids is 1. The molecule has 1 fully saturated rings. The molecule has 170 valence electrons. The molecule has 1 saturated heterocycles. The van der Waals surface area contributed by atoms with E-state index < -0.39 is 0 Å². The first-order valence-electron chi connectivity index (χ1n) is 11.8. The van der Waals surface area contributed by atoms with E-state index in [9.17, 15) is 4.79 Å². The van der Waals surface area contributed by atoms with Gasteiger partial charge in [-0.2, -0.15) is 0 Å². The number of anilines is 1. The highest BCUT2D eigenvalue weighted by atomic mass is 16.2. The van der Waals surface area contributed by atoms with Crippen LogP contribution < -0.4 is 4.90 Å². The zero-order valence-electron chi connectivity index (χ0n) is 20.2. The molecule has 4 heteroatoms. The van der Waals surface area contributed by atoms with E-state index in [4.69, 9.17) is 10.1 Å². The van der Waals surface area contributed by atoms with Gasteiger partial charge < -0.3 is 10.0 Å². The van der Waals surface area contributed by atoms with Crippen molar-refractivity contribution in [3.63, 3.8) is 0 Å². The van der Waals surface area contributed by atoms with E-state index in [0.29, 0.717) is 5.78 Å². The van der Waals surface area contributed by atoms with Gasteiger partial charge in [0.05, 0.1) is 0 Å². The van der Waals surface area contributed by atoms with E-state index in [0.717, 1.165) is 51.7 Å². The summed E-state index contributed by atoms with van der Waals surface area (Å²) >= 11 is 0. The monoisotopic (exact) mass is 416 g/mol. The molecule has 1 aromatic rings. The van der Waals surface area contributed by atoms with Gasteiger partial charge in [-0.05, 0) is 68.1 Å². The molecule has 2 heterocycles. The number of allylic oxidation sites excluding steroid dienone is 2. The quantitative estimate of drug-likeness (QED) is 0.502. The second-order valence-electron chi connectivity index (χ2n) is 9.41. The van der Waals surface area contributed by atoms with Crippen molar-refractivity contribution >= 4 is 11.6 Å². The Morgan fingerprint density at radius 3 is 2.30 bits per heavy atom. The number of aromatic nitrogens is 1. The smallest absolute Gasteiger partial charge is 0.158 e. The Kier molecular flexibility index (Phi) is 11.9. The Hall–Kier alpha value is -1.68. The highest BCUT2D eigenvalue weighted by Crippen LogP contribution is 2.28. The molecule has 0 radical (unpaired) electrons. The number of ketones is 1. The van der Waals surface area contributed by atoms with Crippen LogP contribution >= 0.6 is 0 Å². The van der Waals surface area contributed by atoms with Crippen LogP contribution in [-0.4, -0.2) is 36.1 Å². The van der Waals surface area contributed by atoms with Crippen LogP contribution in [0.1, 0.15) is 84.4 Å². The lowest BCUT2D eigenvalue weighted by Gasteiger charge is -2.28. The van der Waals surface area contributed by atoms with Crippen LogP contribution in [0, 0.1) is 11.3 Å². The second kappa shape index (κ2) is 13.6. The van der Waals surface area contributed by atoms with Crippen molar-refractivity contribution in [3.8, 4) is 0 Å². The number of carbonyl (C=O) groups is 1. The molecule has 1 aliphatic heterocycles. The van der Waals surface area contributed by atoms with Crippen LogP contribution in [0.4, 0.5) is 5.82 Å². The first-order valence-corrected chi connectivity index (χ1v) is 11.8. The lowest BCUT2D eigenvalue weighted by molar-refractivity contribution is -0.118. The van der Waals surface area contributed by atoms with Crippen molar-refractivity contribution in [3.05, 3.63) is 35.5 Å². The van der Waals surface area contributed by atoms with Crippen molar-refractivity contribution in [2.75, 3.05) is 25.1 Å². The number of aryl methyl sites for hydroxylation is 2. The van der Waals surface area contributed by atoms with E-state index in [2.05, 4.69) is 51.7 Å². The van der Waals surface area contributed by atoms with E-state index in [1.54, 1.807) is 0 Å². The predicted molar refractivity (Wildman–Crippen MR) is 128 cm³/mol. The van der Waals surface area contributed by atoms with Crippen molar-refractivity contribution in [2.45, 2.75) is 86.0 Å². The van der Waals surface area contributed by atoms with Crippen molar-refractivity contribution in [2.24, 2.45) is 11.3 Å². The SMILES string of the molecule is CC(C)(C)/C=C\C(=O)C1CCc2ccc(N3CCCCC3)nc2CC1.CCC.CO. The third kappa shape index (κ3) is 8.99. The molecular weight excluding hydrogens is 372 g/mol. The van der Waals surface area contributed by atoms with Gasteiger partial charge in [-0.1, -0.05) is 53.2 Å². The highest BCUT2D eigenvalue weighted by Gasteiger charge is 2.23. The minimum absolute atomic E-state index is 0.0637. The number of fused-ring (bicyclic) bond motifs is 1. The van der Waals surface area contributed by atoms with Crippen LogP contribution in [0.3, 0.4) is 0 Å². The molecule has 4 nitrogen and oxygen atoms in total. The molecule has 1 N–H and O–H groups in total. The zero-order chi connectivity index (χ0) is 22.6. The lowest BCUT2D eigenvalue weighted by atomic mass is 9.91. The molecule has 0 bridgehead atoms. The van der Waals surface area contributed by atoms with Gasteiger partial charge >= 0.3 is 0 Å². The molecular formula is C26H44N2O2. The third-order valence-corrected chi connectivity index (χ3v) is 5.38. The molecule has 1 unspecified atom stereocenters. The van der Waals surface area contributed by atoms with Gasteiger partial charge in [-0.3, -0.25) is 4.79 Å². The van der Waals surface area contributed by atoms with Gasteiger partial charge in [0.1, 0.15) is 5.82 Å². The summed E-state index contributed by atoms with van der Waals surface area (Å²) < 4.78 is 0. The van der Waals surface area contributed by atoms with Gasteiger partial charge in [-0.25, -0.2) is 4.98 Å². The number of nitrogens with zero attached hydrogens (tertiary/aromatic N) is 2. The van der Waals surface area contributed by atoms with Gasteiger partial charge in [0.2, 0.25) is 0 Å². The third-order valence-electron chi connectivity index (χ3n) is 5.38. The average molecular weight is 417 g/mol. The Labute approximate surface area is 184 Å². The van der Waals surface area contributed by atoms with Gasteiger partial charge in [0.15, 0.2) is 5.78 Å². The van der Waals surface area contributed by atoms with E-state index >= 15 is 0 Å². The largest absolute Gasteiger partial charge is 0.400 e. The summed E-state index contributed by atoms with van der Waals surface area (Å²) in [6, 6.07) is 4.44. The van der Waals surface area contributed by atoms with Crippen LogP contribution in [0.5, 0.6) is 0 Å². The number of aliphatic hydroxyl groups is 1. The molecule has 0 saturated carbocycles. The van der Waals surface area contributed by atoms with Gasteiger partial charge in [0, 0.05) is 31.8 Å².